The number of primary amides is 1. The molecule has 2 aromatic rings. The van der Waals surface area contributed by atoms with Crippen molar-refractivity contribution in [3.8, 4) is 0 Å². The molecule has 0 heterocycles. The number of hydrogen-bond donors (Lipinski definition) is 2. The predicted molar refractivity (Wildman–Crippen MR) is 93.9 cm³/mol. The maximum atomic E-state index is 13.5. The van der Waals surface area contributed by atoms with Gasteiger partial charge in [-0.3, -0.25) is 14.5 Å². The lowest BCUT2D eigenvalue weighted by Gasteiger charge is -2.25. The van der Waals surface area contributed by atoms with E-state index in [9.17, 15) is 18.4 Å². The highest BCUT2D eigenvalue weighted by molar-refractivity contribution is 5.83. The molecule has 2 aromatic carbocycles. The fourth-order valence-electron chi connectivity index (χ4n) is 2.63. The minimum absolute atomic E-state index is 0.127. The van der Waals surface area contributed by atoms with Crippen LogP contribution in [0.25, 0.3) is 0 Å². The summed E-state index contributed by atoms with van der Waals surface area (Å²) in [4.78, 5) is 25.3. The van der Waals surface area contributed by atoms with E-state index in [1.165, 1.54) is 29.2 Å². The third kappa shape index (κ3) is 5.10. The summed E-state index contributed by atoms with van der Waals surface area (Å²) >= 11 is 0. The largest absolute Gasteiger partial charge is 0.368 e. The molecule has 0 saturated heterocycles. The molecule has 0 fully saturated rings. The topological polar surface area (TPSA) is 75.4 Å². The van der Waals surface area contributed by atoms with Crippen molar-refractivity contribution in [2.24, 2.45) is 5.73 Å². The van der Waals surface area contributed by atoms with E-state index in [4.69, 9.17) is 5.73 Å². The fourth-order valence-corrected chi connectivity index (χ4v) is 2.63. The van der Waals surface area contributed by atoms with Crippen molar-refractivity contribution < 1.29 is 18.4 Å². The van der Waals surface area contributed by atoms with E-state index in [2.05, 4.69) is 5.32 Å². The number of carbonyl (C=O) groups excluding carboxylic acids is 2. The van der Waals surface area contributed by atoms with Crippen LogP contribution in [0.15, 0.2) is 42.5 Å². The van der Waals surface area contributed by atoms with E-state index >= 15 is 0 Å². The zero-order valence-corrected chi connectivity index (χ0v) is 14.6. The Morgan fingerprint density at radius 2 is 1.92 bits per heavy atom. The molecule has 2 amide bonds. The van der Waals surface area contributed by atoms with Gasteiger partial charge >= 0.3 is 0 Å². The van der Waals surface area contributed by atoms with Gasteiger partial charge in [-0.1, -0.05) is 24.3 Å². The maximum absolute atomic E-state index is 13.5. The Morgan fingerprint density at radius 1 is 1.19 bits per heavy atom. The maximum Gasteiger partial charge on any atom is 0.239 e. The van der Waals surface area contributed by atoms with E-state index < -0.39 is 17.8 Å². The highest BCUT2D eigenvalue weighted by Crippen LogP contribution is 2.19. The van der Waals surface area contributed by atoms with Crippen molar-refractivity contribution in [2.75, 3.05) is 13.6 Å². The summed E-state index contributed by atoms with van der Waals surface area (Å²) in [5.41, 5.74) is 6.94. The average Bonchev–Trinajstić information content (AvgIpc) is 2.56. The van der Waals surface area contributed by atoms with Crippen LogP contribution in [0.3, 0.4) is 0 Å². The van der Waals surface area contributed by atoms with Crippen LogP contribution in [0.2, 0.25) is 0 Å². The molecule has 0 aliphatic heterocycles. The van der Waals surface area contributed by atoms with Crippen molar-refractivity contribution in [3.63, 3.8) is 0 Å². The molecule has 0 aliphatic rings. The van der Waals surface area contributed by atoms with E-state index in [-0.39, 0.29) is 24.8 Å². The van der Waals surface area contributed by atoms with Gasteiger partial charge in [0.05, 0.1) is 6.54 Å². The molecule has 1 atom stereocenters. The van der Waals surface area contributed by atoms with Gasteiger partial charge in [0.15, 0.2) is 0 Å². The molecule has 5 nitrogen and oxygen atoms in total. The molecular weight excluding hydrogens is 340 g/mol. The van der Waals surface area contributed by atoms with Crippen molar-refractivity contribution in [2.45, 2.75) is 19.5 Å². The summed E-state index contributed by atoms with van der Waals surface area (Å²) in [7, 11) is 1.55. The molecule has 3 N–H and O–H groups in total. The minimum atomic E-state index is -0.937. The Hall–Kier alpha value is -2.80. The zero-order chi connectivity index (χ0) is 19.3. The lowest BCUT2D eigenvalue weighted by Crippen LogP contribution is -2.41. The monoisotopic (exact) mass is 361 g/mol. The van der Waals surface area contributed by atoms with E-state index in [1.807, 2.05) is 0 Å². The van der Waals surface area contributed by atoms with Crippen LogP contribution in [0.1, 0.15) is 22.7 Å². The number of nitrogens with two attached hydrogens (primary N) is 1. The predicted octanol–water partition coefficient (Wildman–Crippen LogP) is 2.05. The highest BCUT2D eigenvalue weighted by atomic mass is 19.1. The first kappa shape index (κ1) is 19.5. The lowest BCUT2D eigenvalue weighted by molar-refractivity contribution is -0.126. The van der Waals surface area contributed by atoms with Gasteiger partial charge in [0, 0.05) is 6.54 Å². The third-order valence-electron chi connectivity index (χ3n) is 3.99. The summed E-state index contributed by atoms with van der Waals surface area (Å²) in [6.07, 6.45) is 0. The summed E-state index contributed by atoms with van der Waals surface area (Å²) in [6.45, 7) is 1.69. The van der Waals surface area contributed by atoms with Crippen molar-refractivity contribution in [3.05, 3.63) is 70.8 Å². The lowest BCUT2D eigenvalue weighted by atomic mass is 10.0. The molecular formula is C19H21F2N3O2. The second kappa shape index (κ2) is 8.53. The molecule has 0 bridgehead atoms. The number of hydrogen-bond acceptors (Lipinski definition) is 3. The van der Waals surface area contributed by atoms with Crippen LogP contribution in [0, 0.1) is 18.6 Å². The van der Waals surface area contributed by atoms with Gasteiger partial charge in [0.25, 0.3) is 0 Å². The number of halogens is 2. The van der Waals surface area contributed by atoms with E-state index in [0.717, 1.165) is 0 Å². The van der Waals surface area contributed by atoms with Gasteiger partial charge in [-0.2, -0.15) is 0 Å². The number of aryl methyl sites for hydroxylation is 1. The molecule has 7 heteroatoms. The number of carbonyl (C=O) groups is 2. The Kier molecular flexibility index (Phi) is 6.41. The normalized spacial score (nSPS) is 12.0. The first-order valence-electron chi connectivity index (χ1n) is 8.04. The number of rotatable bonds is 7. The van der Waals surface area contributed by atoms with Crippen LogP contribution in [0.5, 0.6) is 0 Å². The molecule has 0 aliphatic carbocycles. The molecule has 0 spiro atoms. The van der Waals surface area contributed by atoms with E-state index in [1.54, 1.807) is 32.2 Å². The van der Waals surface area contributed by atoms with Gasteiger partial charge in [0.1, 0.15) is 17.7 Å². The highest BCUT2D eigenvalue weighted by Gasteiger charge is 2.24. The van der Waals surface area contributed by atoms with E-state index in [0.29, 0.717) is 16.7 Å². The van der Waals surface area contributed by atoms with Crippen LogP contribution in [-0.2, 0) is 16.1 Å². The quantitative estimate of drug-likeness (QED) is 0.793. The summed E-state index contributed by atoms with van der Waals surface area (Å²) < 4.78 is 26.9. The van der Waals surface area contributed by atoms with Crippen molar-refractivity contribution in [1.29, 1.82) is 0 Å². The van der Waals surface area contributed by atoms with Gasteiger partial charge in [0.2, 0.25) is 11.8 Å². The number of likely N-dealkylation sites (N-methyl/N-ethyl adjacent to an activating group) is 1. The molecule has 26 heavy (non-hydrogen) atoms. The van der Waals surface area contributed by atoms with Crippen LogP contribution >= 0.6 is 0 Å². The Labute approximate surface area is 150 Å². The minimum Gasteiger partial charge on any atom is -0.368 e. The Balaban J connectivity index is 1.99. The third-order valence-corrected chi connectivity index (χ3v) is 3.99. The summed E-state index contributed by atoms with van der Waals surface area (Å²) in [6, 6.07) is 9.29. The van der Waals surface area contributed by atoms with Gasteiger partial charge in [-0.15, -0.1) is 0 Å². The number of benzene rings is 2. The zero-order valence-electron chi connectivity index (χ0n) is 14.6. The Morgan fingerprint density at radius 3 is 2.54 bits per heavy atom. The summed E-state index contributed by atoms with van der Waals surface area (Å²) in [5.74, 6) is -1.88. The molecule has 0 aromatic heterocycles. The van der Waals surface area contributed by atoms with Gasteiger partial charge in [-0.05, 0) is 48.9 Å². The second-order valence-corrected chi connectivity index (χ2v) is 6.14. The van der Waals surface area contributed by atoms with Crippen LogP contribution in [-0.4, -0.2) is 30.3 Å². The van der Waals surface area contributed by atoms with Crippen molar-refractivity contribution >= 4 is 11.8 Å². The molecule has 138 valence electrons. The Bertz CT molecular complexity index is 811. The molecule has 1 unspecified atom stereocenters. The summed E-state index contributed by atoms with van der Waals surface area (Å²) in [5, 5.41) is 2.66. The first-order valence-corrected chi connectivity index (χ1v) is 8.04. The number of nitrogens with one attached hydrogen (secondary N) is 1. The van der Waals surface area contributed by atoms with Crippen LogP contribution in [0.4, 0.5) is 8.78 Å². The molecule has 0 radical (unpaired) electrons. The molecule has 2 rings (SSSR count). The number of nitrogens with zero attached hydrogens (tertiary/aromatic N) is 1. The fraction of sp³-hybridized carbons (Fsp3) is 0.263. The standard InChI is InChI=1S/C19H21F2N3O2/c1-12-6-7-13(8-16(12)21)10-23-17(25)11-24(2)18(19(22)26)14-4-3-5-15(20)9-14/h3-9,18H,10-11H2,1-2H3,(H2,22,26)(H,23,25). The van der Waals surface area contributed by atoms with Gasteiger partial charge in [-0.25, -0.2) is 8.78 Å². The average molecular weight is 361 g/mol. The van der Waals surface area contributed by atoms with Crippen molar-refractivity contribution in [1.82, 2.24) is 10.2 Å². The SMILES string of the molecule is Cc1ccc(CNC(=O)CN(C)C(C(N)=O)c2cccc(F)c2)cc1F. The first-order chi connectivity index (χ1) is 12.3. The smallest absolute Gasteiger partial charge is 0.239 e. The molecule has 0 saturated carbocycles. The van der Waals surface area contributed by atoms with Gasteiger partial charge < -0.3 is 11.1 Å². The van der Waals surface area contributed by atoms with Crippen LogP contribution < -0.4 is 11.1 Å². The second-order valence-electron chi connectivity index (χ2n) is 6.14. The number of amides is 2.